The molecule has 2 atom stereocenters. The molecule has 1 aromatic rings. The molecular weight excluding hydrogens is 336 g/mol. The van der Waals surface area contributed by atoms with Gasteiger partial charge in [-0.15, -0.1) is 0 Å². The minimum Gasteiger partial charge on any atom is -0.473 e. The molecular formula is C19H28N2O5. The van der Waals surface area contributed by atoms with Crippen LogP contribution in [0.2, 0.25) is 0 Å². The summed E-state index contributed by atoms with van der Waals surface area (Å²) in [5.41, 5.74) is 2.10. The van der Waals surface area contributed by atoms with Crippen molar-refractivity contribution in [3.05, 3.63) is 29.8 Å². The van der Waals surface area contributed by atoms with Crippen LogP contribution < -0.4 is 5.32 Å². The normalized spacial score (nSPS) is 19.8. The topological polar surface area (TPSA) is 107 Å². The molecule has 1 fully saturated rings. The van der Waals surface area contributed by atoms with E-state index in [1.807, 2.05) is 31.2 Å². The van der Waals surface area contributed by atoms with Crippen LogP contribution >= 0.6 is 0 Å². The molecule has 7 nitrogen and oxygen atoms in total. The van der Waals surface area contributed by atoms with Gasteiger partial charge in [0.1, 0.15) is 0 Å². The van der Waals surface area contributed by atoms with Crippen LogP contribution in [-0.2, 0) is 14.4 Å². The van der Waals surface area contributed by atoms with Crippen LogP contribution in [0.1, 0.15) is 32.3 Å². The fraction of sp³-hybridized carbons (Fsp3) is 0.526. The third kappa shape index (κ3) is 8.62. The van der Waals surface area contributed by atoms with E-state index in [4.69, 9.17) is 19.8 Å². The van der Waals surface area contributed by atoms with Crippen LogP contribution in [-0.4, -0.2) is 52.6 Å². The Hall–Kier alpha value is -2.41. The SMILES string of the molecule is Cc1ccc(NC(=O)CCN2CC(C)CC(C)C2)cc1.O=C(O)C(=O)O. The fourth-order valence-corrected chi connectivity index (χ4v) is 3.09. The number of piperidine rings is 1. The summed E-state index contributed by atoms with van der Waals surface area (Å²) in [7, 11) is 0. The summed E-state index contributed by atoms with van der Waals surface area (Å²) in [6.07, 6.45) is 1.89. The Morgan fingerprint density at radius 1 is 1.04 bits per heavy atom. The van der Waals surface area contributed by atoms with Crippen molar-refractivity contribution in [3.63, 3.8) is 0 Å². The lowest BCUT2D eigenvalue weighted by atomic mass is 9.92. The second kappa shape index (κ2) is 10.6. The van der Waals surface area contributed by atoms with E-state index in [0.717, 1.165) is 37.2 Å². The number of nitrogens with zero attached hydrogens (tertiary/aromatic N) is 1. The van der Waals surface area contributed by atoms with Gasteiger partial charge in [-0.1, -0.05) is 31.5 Å². The number of carboxylic acids is 2. The van der Waals surface area contributed by atoms with Crippen molar-refractivity contribution < 1.29 is 24.6 Å². The van der Waals surface area contributed by atoms with Crippen LogP contribution in [0.25, 0.3) is 0 Å². The van der Waals surface area contributed by atoms with Gasteiger partial charge in [0, 0.05) is 31.7 Å². The summed E-state index contributed by atoms with van der Waals surface area (Å²) >= 11 is 0. The second-order valence-corrected chi connectivity index (χ2v) is 6.98. The summed E-state index contributed by atoms with van der Waals surface area (Å²) in [5, 5.41) is 17.7. The predicted molar refractivity (Wildman–Crippen MR) is 99.1 cm³/mol. The number of hydrogen-bond donors (Lipinski definition) is 3. The lowest BCUT2D eigenvalue weighted by molar-refractivity contribution is -0.159. The molecule has 0 saturated carbocycles. The van der Waals surface area contributed by atoms with Gasteiger partial charge >= 0.3 is 11.9 Å². The number of hydrogen-bond acceptors (Lipinski definition) is 4. The molecule has 1 heterocycles. The van der Waals surface area contributed by atoms with Crippen LogP contribution in [0.5, 0.6) is 0 Å². The molecule has 2 rings (SSSR count). The molecule has 1 saturated heterocycles. The van der Waals surface area contributed by atoms with Crippen molar-refractivity contribution in [1.29, 1.82) is 0 Å². The summed E-state index contributed by atoms with van der Waals surface area (Å²) in [5.74, 6) is -2.04. The number of anilines is 1. The van der Waals surface area contributed by atoms with Gasteiger partial charge in [-0.25, -0.2) is 9.59 Å². The average Bonchev–Trinajstić information content (AvgIpc) is 2.55. The smallest absolute Gasteiger partial charge is 0.414 e. The summed E-state index contributed by atoms with van der Waals surface area (Å²) in [4.78, 5) is 32.6. The van der Waals surface area contributed by atoms with Crippen LogP contribution in [0.15, 0.2) is 24.3 Å². The lowest BCUT2D eigenvalue weighted by Gasteiger charge is -2.34. The third-order valence-electron chi connectivity index (χ3n) is 4.12. The Labute approximate surface area is 154 Å². The number of amides is 1. The Morgan fingerprint density at radius 2 is 1.54 bits per heavy atom. The standard InChI is InChI=1S/C17H26N2O.C2H2O4/c1-13-4-6-16(7-5-13)18-17(20)8-9-19-11-14(2)10-15(3)12-19;3-1(4)2(5)6/h4-7,14-15H,8-12H2,1-3H3,(H,18,20);(H,3,4)(H,5,6). The van der Waals surface area contributed by atoms with Crippen molar-refractivity contribution in [1.82, 2.24) is 4.90 Å². The van der Waals surface area contributed by atoms with E-state index >= 15 is 0 Å². The number of nitrogens with one attached hydrogen (secondary N) is 1. The summed E-state index contributed by atoms with van der Waals surface area (Å²) < 4.78 is 0. The van der Waals surface area contributed by atoms with Gasteiger partial charge in [-0.2, -0.15) is 0 Å². The lowest BCUT2D eigenvalue weighted by Crippen LogP contribution is -2.40. The highest BCUT2D eigenvalue weighted by Crippen LogP contribution is 2.20. The first-order valence-corrected chi connectivity index (χ1v) is 8.72. The number of benzene rings is 1. The quantitative estimate of drug-likeness (QED) is 0.709. The molecule has 1 aliphatic heterocycles. The maximum Gasteiger partial charge on any atom is 0.414 e. The minimum atomic E-state index is -1.82. The van der Waals surface area contributed by atoms with Gasteiger partial charge in [0.25, 0.3) is 0 Å². The number of aliphatic carboxylic acids is 2. The minimum absolute atomic E-state index is 0.111. The van der Waals surface area contributed by atoms with Gasteiger partial charge in [0.05, 0.1) is 0 Å². The van der Waals surface area contributed by atoms with Gasteiger partial charge in [-0.3, -0.25) is 4.79 Å². The number of carboxylic acid groups (broad SMARTS) is 2. The maximum absolute atomic E-state index is 12.0. The monoisotopic (exact) mass is 364 g/mol. The Kier molecular flexibility index (Phi) is 8.78. The molecule has 0 radical (unpaired) electrons. The molecule has 1 aliphatic rings. The van der Waals surface area contributed by atoms with Crippen molar-refractivity contribution in [2.24, 2.45) is 11.8 Å². The molecule has 0 aromatic heterocycles. The van der Waals surface area contributed by atoms with E-state index in [1.165, 1.54) is 12.0 Å². The Balaban J connectivity index is 0.000000487. The zero-order valence-corrected chi connectivity index (χ0v) is 15.6. The van der Waals surface area contributed by atoms with E-state index in [1.54, 1.807) is 0 Å². The first kappa shape index (κ1) is 21.6. The van der Waals surface area contributed by atoms with E-state index < -0.39 is 11.9 Å². The molecule has 144 valence electrons. The van der Waals surface area contributed by atoms with Crippen LogP contribution in [0.3, 0.4) is 0 Å². The predicted octanol–water partition coefficient (Wildman–Crippen LogP) is 2.46. The van der Waals surface area contributed by atoms with Crippen molar-refractivity contribution in [2.75, 3.05) is 25.0 Å². The van der Waals surface area contributed by atoms with E-state index in [0.29, 0.717) is 6.42 Å². The van der Waals surface area contributed by atoms with E-state index in [-0.39, 0.29) is 5.91 Å². The molecule has 0 bridgehead atoms. The summed E-state index contributed by atoms with van der Waals surface area (Å²) in [6, 6.07) is 7.95. The zero-order chi connectivity index (χ0) is 19.7. The van der Waals surface area contributed by atoms with Gasteiger partial charge in [0.2, 0.25) is 5.91 Å². The molecule has 0 aliphatic carbocycles. The molecule has 2 unspecified atom stereocenters. The molecule has 0 spiro atoms. The number of likely N-dealkylation sites (tertiary alicyclic amines) is 1. The maximum atomic E-state index is 12.0. The largest absolute Gasteiger partial charge is 0.473 e. The first-order valence-electron chi connectivity index (χ1n) is 8.72. The number of carbonyl (C=O) groups excluding carboxylic acids is 1. The molecule has 7 heteroatoms. The van der Waals surface area contributed by atoms with Crippen molar-refractivity contribution in [2.45, 2.75) is 33.6 Å². The Bertz CT molecular complexity index is 593. The van der Waals surface area contributed by atoms with Gasteiger partial charge < -0.3 is 20.4 Å². The molecule has 1 aromatic carbocycles. The fourth-order valence-electron chi connectivity index (χ4n) is 3.09. The van der Waals surface area contributed by atoms with Crippen LogP contribution in [0.4, 0.5) is 5.69 Å². The third-order valence-corrected chi connectivity index (χ3v) is 4.12. The highest BCUT2D eigenvalue weighted by Gasteiger charge is 2.21. The van der Waals surface area contributed by atoms with Gasteiger partial charge in [-0.05, 0) is 37.3 Å². The van der Waals surface area contributed by atoms with E-state index in [9.17, 15) is 4.79 Å². The van der Waals surface area contributed by atoms with Crippen molar-refractivity contribution in [3.8, 4) is 0 Å². The zero-order valence-electron chi connectivity index (χ0n) is 15.6. The second-order valence-electron chi connectivity index (χ2n) is 6.98. The molecule has 26 heavy (non-hydrogen) atoms. The number of carbonyl (C=O) groups is 3. The molecule has 3 N–H and O–H groups in total. The van der Waals surface area contributed by atoms with Gasteiger partial charge in [0.15, 0.2) is 0 Å². The summed E-state index contributed by atoms with van der Waals surface area (Å²) in [6.45, 7) is 9.77. The average molecular weight is 364 g/mol. The van der Waals surface area contributed by atoms with Crippen molar-refractivity contribution >= 4 is 23.5 Å². The van der Waals surface area contributed by atoms with Crippen LogP contribution in [0, 0.1) is 18.8 Å². The number of aryl methyl sites for hydroxylation is 1. The highest BCUT2D eigenvalue weighted by molar-refractivity contribution is 6.27. The molecule has 1 amide bonds. The van der Waals surface area contributed by atoms with E-state index in [2.05, 4.69) is 24.1 Å². The number of rotatable bonds is 4. The first-order chi connectivity index (χ1) is 12.2. The highest BCUT2D eigenvalue weighted by atomic mass is 16.4. The Morgan fingerprint density at radius 3 is 2.00 bits per heavy atom.